The second kappa shape index (κ2) is 6.45. The van der Waals surface area contributed by atoms with Crippen LogP contribution in [-0.4, -0.2) is 20.8 Å². The summed E-state index contributed by atoms with van der Waals surface area (Å²) in [5, 5.41) is 4.46. The lowest BCUT2D eigenvalue weighted by Crippen LogP contribution is -2.39. The van der Waals surface area contributed by atoms with Gasteiger partial charge < -0.3 is 0 Å². The summed E-state index contributed by atoms with van der Waals surface area (Å²) in [5.41, 5.74) is 6.40. The van der Waals surface area contributed by atoms with E-state index in [-0.39, 0.29) is 6.04 Å². The van der Waals surface area contributed by atoms with Gasteiger partial charge in [0.25, 0.3) is 0 Å². The van der Waals surface area contributed by atoms with E-state index in [2.05, 4.69) is 28.5 Å². The first kappa shape index (κ1) is 13.7. The zero-order valence-corrected chi connectivity index (χ0v) is 11.5. The van der Waals surface area contributed by atoms with E-state index >= 15 is 0 Å². The predicted octanol–water partition coefficient (Wildman–Crippen LogP) is 1.22. The molecule has 5 heteroatoms. The second-order valence-corrected chi connectivity index (χ2v) is 4.72. The van der Waals surface area contributed by atoms with Crippen LogP contribution in [0.3, 0.4) is 0 Å². The Kier molecular flexibility index (Phi) is 4.65. The number of aryl methyl sites for hydroxylation is 2. The molecule has 0 saturated carbocycles. The number of pyridine rings is 1. The van der Waals surface area contributed by atoms with Crippen molar-refractivity contribution >= 4 is 0 Å². The highest BCUT2D eigenvalue weighted by Crippen LogP contribution is 2.10. The molecule has 2 heterocycles. The minimum atomic E-state index is 0.198. The number of rotatable bonds is 6. The molecule has 5 nitrogen and oxygen atoms in total. The summed E-state index contributed by atoms with van der Waals surface area (Å²) in [7, 11) is 0. The third-order valence-corrected chi connectivity index (χ3v) is 3.21. The van der Waals surface area contributed by atoms with Crippen molar-refractivity contribution in [2.45, 2.75) is 39.3 Å². The van der Waals surface area contributed by atoms with E-state index in [0.717, 1.165) is 25.1 Å². The van der Waals surface area contributed by atoms with Crippen LogP contribution in [0.25, 0.3) is 0 Å². The van der Waals surface area contributed by atoms with Gasteiger partial charge in [-0.15, -0.1) is 0 Å². The van der Waals surface area contributed by atoms with Crippen molar-refractivity contribution in [2.24, 2.45) is 5.84 Å². The van der Waals surface area contributed by atoms with Gasteiger partial charge in [0, 0.05) is 37.1 Å². The average molecular weight is 259 g/mol. The molecule has 0 radical (unpaired) electrons. The van der Waals surface area contributed by atoms with E-state index in [0.29, 0.717) is 0 Å². The maximum Gasteiger partial charge on any atom is 0.0596 e. The quantitative estimate of drug-likeness (QED) is 0.604. The molecule has 0 amide bonds. The Morgan fingerprint density at radius 1 is 1.32 bits per heavy atom. The fourth-order valence-electron chi connectivity index (χ4n) is 2.28. The number of nitrogens with two attached hydrogens (primary N) is 1. The van der Waals surface area contributed by atoms with Crippen molar-refractivity contribution in [1.82, 2.24) is 20.2 Å². The Labute approximate surface area is 113 Å². The first-order chi connectivity index (χ1) is 9.22. The molecule has 0 aliphatic rings. The van der Waals surface area contributed by atoms with Crippen molar-refractivity contribution in [3.63, 3.8) is 0 Å². The predicted molar refractivity (Wildman–Crippen MR) is 75.4 cm³/mol. The van der Waals surface area contributed by atoms with E-state index in [1.807, 2.05) is 36.1 Å². The number of hydrogen-bond acceptors (Lipinski definition) is 4. The summed E-state index contributed by atoms with van der Waals surface area (Å²) in [6.07, 6.45) is 5.37. The van der Waals surface area contributed by atoms with E-state index in [4.69, 9.17) is 5.84 Å². The summed E-state index contributed by atoms with van der Waals surface area (Å²) >= 11 is 0. The van der Waals surface area contributed by atoms with Crippen LogP contribution in [0.2, 0.25) is 0 Å². The van der Waals surface area contributed by atoms with Crippen molar-refractivity contribution in [3.05, 3.63) is 47.5 Å². The molecule has 0 aliphatic carbocycles. The molecule has 0 spiro atoms. The maximum absolute atomic E-state index is 5.67. The van der Waals surface area contributed by atoms with Gasteiger partial charge in [-0.05, 0) is 44.0 Å². The summed E-state index contributed by atoms with van der Waals surface area (Å²) in [4.78, 5) is 4.03. The van der Waals surface area contributed by atoms with Gasteiger partial charge in [0.1, 0.15) is 0 Å². The fraction of sp³-hybridized carbons (Fsp3) is 0.429. The Bertz CT molecular complexity index is 506. The highest BCUT2D eigenvalue weighted by molar-refractivity contribution is 5.15. The minimum Gasteiger partial charge on any atom is -0.271 e. The molecule has 0 aromatic carbocycles. The van der Waals surface area contributed by atoms with Gasteiger partial charge in [-0.3, -0.25) is 20.9 Å². The molecule has 2 rings (SSSR count). The molecule has 0 bridgehead atoms. The molecule has 3 N–H and O–H groups in total. The van der Waals surface area contributed by atoms with Crippen LogP contribution >= 0.6 is 0 Å². The second-order valence-electron chi connectivity index (χ2n) is 4.72. The summed E-state index contributed by atoms with van der Waals surface area (Å²) < 4.78 is 2.03. The summed E-state index contributed by atoms with van der Waals surface area (Å²) in [6.45, 7) is 5.00. The average Bonchev–Trinajstić information content (AvgIpc) is 2.79. The zero-order chi connectivity index (χ0) is 13.7. The highest BCUT2D eigenvalue weighted by atomic mass is 15.3. The van der Waals surface area contributed by atoms with Crippen LogP contribution in [0, 0.1) is 6.92 Å². The molecule has 2 aromatic rings. The number of hydrazine groups is 1. The molecule has 1 atom stereocenters. The van der Waals surface area contributed by atoms with Crippen molar-refractivity contribution in [1.29, 1.82) is 0 Å². The van der Waals surface area contributed by atoms with Crippen LogP contribution in [0.5, 0.6) is 0 Å². The Hall–Kier alpha value is -1.72. The van der Waals surface area contributed by atoms with Crippen molar-refractivity contribution in [3.8, 4) is 0 Å². The van der Waals surface area contributed by atoms with E-state index in [1.165, 1.54) is 11.3 Å². The van der Waals surface area contributed by atoms with Crippen LogP contribution in [0.15, 0.2) is 30.6 Å². The lowest BCUT2D eigenvalue weighted by molar-refractivity contribution is 0.496. The molecule has 0 fully saturated rings. The summed E-state index contributed by atoms with van der Waals surface area (Å²) in [6, 6.07) is 6.36. The van der Waals surface area contributed by atoms with Crippen LogP contribution in [0.4, 0.5) is 0 Å². The lowest BCUT2D eigenvalue weighted by atomic mass is 10.0. The Morgan fingerprint density at radius 2 is 2.05 bits per heavy atom. The molecular weight excluding hydrogens is 238 g/mol. The fourth-order valence-corrected chi connectivity index (χ4v) is 2.28. The monoisotopic (exact) mass is 259 g/mol. The highest BCUT2D eigenvalue weighted by Gasteiger charge is 2.12. The van der Waals surface area contributed by atoms with E-state index in [9.17, 15) is 0 Å². The third-order valence-electron chi connectivity index (χ3n) is 3.21. The number of aromatic nitrogens is 3. The van der Waals surface area contributed by atoms with Gasteiger partial charge in [-0.1, -0.05) is 0 Å². The summed E-state index contributed by atoms with van der Waals surface area (Å²) in [5.74, 6) is 5.67. The standard InChI is InChI=1S/C14H21N5/c1-3-19-14(8-11(2)18-19)10-13(17-15)9-12-4-6-16-7-5-12/h4-8,13,17H,3,9-10,15H2,1-2H3. The zero-order valence-electron chi connectivity index (χ0n) is 11.5. The van der Waals surface area contributed by atoms with Gasteiger partial charge in [0.05, 0.1) is 5.69 Å². The number of nitrogens with one attached hydrogen (secondary N) is 1. The normalized spacial score (nSPS) is 12.6. The smallest absolute Gasteiger partial charge is 0.0596 e. The first-order valence-electron chi connectivity index (χ1n) is 6.61. The number of hydrogen-bond donors (Lipinski definition) is 2. The van der Waals surface area contributed by atoms with E-state index in [1.54, 1.807) is 0 Å². The molecule has 1 unspecified atom stereocenters. The molecule has 0 saturated heterocycles. The van der Waals surface area contributed by atoms with Gasteiger partial charge in [-0.2, -0.15) is 5.10 Å². The minimum absolute atomic E-state index is 0.198. The molecule has 2 aromatic heterocycles. The molecular formula is C14H21N5. The molecule has 19 heavy (non-hydrogen) atoms. The van der Waals surface area contributed by atoms with Gasteiger partial charge in [0.2, 0.25) is 0 Å². The topological polar surface area (TPSA) is 68.8 Å². The van der Waals surface area contributed by atoms with Crippen molar-refractivity contribution in [2.75, 3.05) is 0 Å². The van der Waals surface area contributed by atoms with Crippen LogP contribution in [0.1, 0.15) is 23.9 Å². The third kappa shape index (κ3) is 3.62. The van der Waals surface area contributed by atoms with Gasteiger partial charge >= 0.3 is 0 Å². The first-order valence-corrected chi connectivity index (χ1v) is 6.61. The van der Waals surface area contributed by atoms with Crippen LogP contribution < -0.4 is 11.3 Å². The molecule has 102 valence electrons. The van der Waals surface area contributed by atoms with E-state index < -0.39 is 0 Å². The maximum atomic E-state index is 5.67. The van der Waals surface area contributed by atoms with Crippen molar-refractivity contribution < 1.29 is 0 Å². The van der Waals surface area contributed by atoms with Crippen LogP contribution in [-0.2, 0) is 19.4 Å². The molecule has 0 aliphatic heterocycles. The SMILES string of the molecule is CCn1nc(C)cc1CC(Cc1ccncc1)NN. The van der Waals surface area contributed by atoms with Gasteiger partial charge in [0.15, 0.2) is 0 Å². The largest absolute Gasteiger partial charge is 0.271 e. The Balaban J connectivity index is 2.06. The Morgan fingerprint density at radius 3 is 2.68 bits per heavy atom. The van der Waals surface area contributed by atoms with Gasteiger partial charge in [-0.25, -0.2) is 0 Å². The number of nitrogens with zero attached hydrogens (tertiary/aromatic N) is 3. The lowest BCUT2D eigenvalue weighted by Gasteiger charge is -2.16.